The van der Waals surface area contributed by atoms with Gasteiger partial charge >= 0.3 is 5.97 Å². The largest absolute Gasteiger partial charge is 0.494 e. The molecule has 1 aliphatic heterocycles. The Hall–Kier alpha value is -4.17. The molecule has 8 heteroatoms. The van der Waals surface area contributed by atoms with Crippen LogP contribution < -0.4 is 15.0 Å². The highest BCUT2D eigenvalue weighted by Crippen LogP contribution is 2.44. The average molecular weight is 513 g/mol. The third-order valence-electron chi connectivity index (χ3n) is 6.66. The molecule has 0 bridgehead atoms. The quantitative estimate of drug-likeness (QED) is 0.305. The molecule has 3 heterocycles. The first-order chi connectivity index (χ1) is 17.9. The molecule has 1 aliphatic rings. The van der Waals surface area contributed by atoms with Gasteiger partial charge < -0.3 is 24.6 Å². The molecule has 0 radical (unpaired) electrons. The van der Waals surface area contributed by atoms with Crippen LogP contribution in [0.25, 0.3) is 5.69 Å². The van der Waals surface area contributed by atoms with Gasteiger partial charge in [-0.25, -0.2) is 4.79 Å². The summed E-state index contributed by atoms with van der Waals surface area (Å²) in [6, 6.07) is 22.6. The molecule has 2 atom stereocenters. The number of nitrogens with zero attached hydrogens (tertiary/aromatic N) is 3. The summed E-state index contributed by atoms with van der Waals surface area (Å²) in [4.78, 5) is 18.4. The number of nitrogens with one attached hydrogen (secondary N) is 1. The number of aryl methyl sites for hydroxylation is 1. The van der Waals surface area contributed by atoms with Crippen LogP contribution in [0.4, 0.5) is 5.69 Å². The normalized spacial score (nSPS) is 17.1. The molecular formula is C29H28N4O3S. The van der Waals surface area contributed by atoms with Gasteiger partial charge in [-0.3, -0.25) is 4.98 Å². The number of rotatable bonds is 7. The van der Waals surface area contributed by atoms with Crippen molar-refractivity contribution < 1.29 is 14.6 Å². The molecular weight excluding hydrogens is 484 g/mol. The number of aromatic nitrogens is 2. The second-order valence-electron chi connectivity index (χ2n) is 8.94. The molecule has 0 saturated carbocycles. The lowest BCUT2D eigenvalue weighted by Gasteiger charge is -2.28. The Balaban J connectivity index is 1.64. The summed E-state index contributed by atoms with van der Waals surface area (Å²) < 4.78 is 7.74. The summed E-state index contributed by atoms with van der Waals surface area (Å²) in [7, 11) is 0. The highest BCUT2D eigenvalue weighted by Gasteiger charge is 2.42. The molecule has 0 aliphatic carbocycles. The summed E-state index contributed by atoms with van der Waals surface area (Å²) in [5.74, 6) is -0.148. The summed E-state index contributed by atoms with van der Waals surface area (Å²) in [5.41, 5.74) is 5.97. The fourth-order valence-corrected chi connectivity index (χ4v) is 5.43. The average Bonchev–Trinajstić information content (AvgIpc) is 3.40. The first-order valence-electron chi connectivity index (χ1n) is 12.1. The lowest BCUT2D eigenvalue weighted by atomic mass is 9.96. The first kappa shape index (κ1) is 24.5. The van der Waals surface area contributed by atoms with Crippen LogP contribution in [-0.4, -0.2) is 32.3 Å². The number of carboxylic acid groups (broad SMARTS) is 1. The Labute approximate surface area is 221 Å². The van der Waals surface area contributed by atoms with E-state index in [4.69, 9.17) is 17.0 Å². The second-order valence-corrected chi connectivity index (χ2v) is 9.33. The van der Waals surface area contributed by atoms with Crippen molar-refractivity contribution in [2.75, 3.05) is 11.5 Å². The Morgan fingerprint density at radius 3 is 2.51 bits per heavy atom. The van der Waals surface area contributed by atoms with E-state index < -0.39 is 5.97 Å². The Morgan fingerprint density at radius 1 is 1.05 bits per heavy atom. The zero-order chi connectivity index (χ0) is 26.1. The topological polar surface area (TPSA) is 79.6 Å². The number of hydrogen-bond donors (Lipinski definition) is 2. The van der Waals surface area contributed by atoms with Gasteiger partial charge in [-0.2, -0.15) is 0 Å². The van der Waals surface area contributed by atoms with E-state index >= 15 is 0 Å². The van der Waals surface area contributed by atoms with Crippen molar-refractivity contribution >= 4 is 29.0 Å². The van der Waals surface area contributed by atoms with E-state index in [0.717, 1.165) is 39.8 Å². The predicted octanol–water partition coefficient (Wildman–Crippen LogP) is 5.76. The van der Waals surface area contributed by atoms with Crippen LogP contribution in [0.3, 0.4) is 0 Å². The number of thiocarbonyl (C=S) groups is 1. The van der Waals surface area contributed by atoms with E-state index in [1.54, 1.807) is 24.4 Å². The molecule has 2 unspecified atom stereocenters. The first-order valence-corrected chi connectivity index (χ1v) is 12.6. The molecule has 2 aromatic heterocycles. The van der Waals surface area contributed by atoms with Crippen LogP contribution in [0.2, 0.25) is 0 Å². The maximum atomic E-state index is 11.6. The molecule has 37 heavy (non-hydrogen) atoms. The van der Waals surface area contributed by atoms with E-state index in [0.29, 0.717) is 11.7 Å². The van der Waals surface area contributed by atoms with Crippen LogP contribution in [0.5, 0.6) is 5.75 Å². The number of carboxylic acids is 1. The molecule has 7 nitrogen and oxygen atoms in total. The zero-order valence-corrected chi connectivity index (χ0v) is 21.7. The van der Waals surface area contributed by atoms with Crippen LogP contribution in [-0.2, 0) is 0 Å². The maximum Gasteiger partial charge on any atom is 0.335 e. The minimum absolute atomic E-state index is 0.178. The molecule has 0 amide bonds. The Bertz CT molecular complexity index is 1450. The van der Waals surface area contributed by atoms with Gasteiger partial charge in [-0.05, 0) is 99.2 Å². The fourth-order valence-electron chi connectivity index (χ4n) is 5.08. The summed E-state index contributed by atoms with van der Waals surface area (Å²) in [6.07, 6.45) is 1.79. The van der Waals surface area contributed by atoms with Gasteiger partial charge in [0, 0.05) is 29.0 Å². The van der Waals surface area contributed by atoms with Gasteiger partial charge in [0.25, 0.3) is 0 Å². The number of carbonyl (C=O) groups is 1. The van der Waals surface area contributed by atoms with E-state index in [1.165, 1.54) is 0 Å². The van der Waals surface area contributed by atoms with Crippen molar-refractivity contribution in [2.45, 2.75) is 32.9 Å². The van der Waals surface area contributed by atoms with Crippen molar-refractivity contribution in [1.82, 2.24) is 14.9 Å². The molecule has 188 valence electrons. The lowest BCUT2D eigenvalue weighted by molar-refractivity contribution is 0.0697. The van der Waals surface area contributed by atoms with E-state index in [9.17, 15) is 9.90 Å². The number of benzene rings is 2. The molecule has 2 N–H and O–H groups in total. The van der Waals surface area contributed by atoms with Crippen molar-refractivity contribution in [3.05, 3.63) is 107 Å². The third-order valence-corrected chi connectivity index (χ3v) is 6.98. The molecule has 0 spiro atoms. The van der Waals surface area contributed by atoms with Gasteiger partial charge in [0.15, 0.2) is 5.11 Å². The Morgan fingerprint density at radius 2 is 1.84 bits per heavy atom. The van der Waals surface area contributed by atoms with Gasteiger partial charge in [-0.15, -0.1) is 0 Å². The minimum atomic E-state index is -0.952. The van der Waals surface area contributed by atoms with Crippen molar-refractivity contribution in [2.24, 2.45) is 0 Å². The van der Waals surface area contributed by atoms with Crippen LogP contribution in [0.1, 0.15) is 52.0 Å². The molecule has 2 aromatic carbocycles. The summed E-state index contributed by atoms with van der Waals surface area (Å²) >= 11 is 5.87. The molecule has 1 saturated heterocycles. The number of hydrogen-bond acceptors (Lipinski definition) is 4. The highest BCUT2D eigenvalue weighted by atomic mass is 32.1. The smallest absolute Gasteiger partial charge is 0.335 e. The van der Waals surface area contributed by atoms with E-state index in [1.807, 2.05) is 62.4 Å². The molecule has 4 aromatic rings. The minimum Gasteiger partial charge on any atom is -0.494 e. The fraction of sp³-hybridized carbons (Fsp3) is 0.207. The monoisotopic (exact) mass is 512 g/mol. The Kier molecular flexibility index (Phi) is 6.67. The number of anilines is 1. The third kappa shape index (κ3) is 4.56. The summed E-state index contributed by atoms with van der Waals surface area (Å²) in [5, 5.41) is 13.6. The SMILES string of the molecule is CCOc1ccc(N2C(=S)NC(c3ccccn3)C2c2cc(C)n(-c3cccc(C(=O)O)c3)c2C)cc1. The standard InChI is InChI=1S/C29H28N4O3S/c1-4-36-23-13-11-21(12-14-23)33-27(26(31-29(33)37)25-10-5-6-15-30-25)24-16-18(2)32(19(24)3)22-9-7-8-20(17-22)28(34)35/h5-17,26-27H,4H2,1-3H3,(H,31,37)(H,34,35). The van der Waals surface area contributed by atoms with Crippen molar-refractivity contribution in [1.29, 1.82) is 0 Å². The van der Waals surface area contributed by atoms with Crippen molar-refractivity contribution in [3.8, 4) is 11.4 Å². The van der Waals surface area contributed by atoms with E-state index in [-0.39, 0.29) is 17.6 Å². The summed E-state index contributed by atoms with van der Waals surface area (Å²) in [6.45, 7) is 6.65. The number of ether oxygens (including phenoxy) is 1. The molecule has 5 rings (SSSR count). The van der Waals surface area contributed by atoms with Crippen LogP contribution in [0.15, 0.2) is 79.0 Å². The second kappa shape index (κ2) is 10.1. The number of pyridine rings is 1. The van der Waals surface area contributed by atoms with Crippen LogP contribution in [0, 0.1) is 13.8 Å². The van der Waals surface area contributed by atoms with Gasteiger partial charge in [0.1, 0.15) is 5.75 Å². The molecule has 1 fully saturated rings. The maximum absolute atomic E-state index is 11.6. The van der Waals surface area contributed by atoms with E-state index in [2.05, 4.69) is 32.8 Å². The highest BCUT2D eigenvalue weighted by molar-refractivity contribution is 7.80. The van der Waals surface area contributed by atoms with Gasteiger partial charge in [0.2, 0.25) is 0 Å². The predicted molar refractivity (Wildman–Crippen MR) is 148 cm³/mol. The van der Waals surface area contributed by atoms with Gasteiger partial charge in [0.05, 0.1) is 29.9 Å². The zero-order valence-electron chi connectivity index (χ0n) is 20.9. The van der Waals surface area contributed by atoms with Gasteiger partial charge in [-0.1, -0.05) is 12.1 Å². The lowest BCUT2D eigenvalue weighted by Crippen LogP contribution is -2.29. The van der Waals surface area contributed by atoms with Crippen molar-refractivity contribution in [3.63, 3.8) is 0 Å². The van der Waals surface area contributed by atoms with Crippen LogP contribution >= 0.6 is 12.2 Å². The number of aromatic carboxylic acids is 1.